The second-order valence-electron chi connectivity index (χ2n) is 5.73. The molecule has 0 spiro atoms. The molecular formula is C16H22BrNO2. The summed E-state index contributed by atoms with van der Waals surface area (Å²) in [6, 6.07) is 7.59. The molecule has 0 atom stereocenters. The van der Waals surface area contributed by atoms with E-state index in [-0.39, 0.29) is 17.9 Å². The van der Waals surface area contributed by atoms with Gasteiger partial charge in [-0.15, -0.1) is 0 Å². The largest absolute Gasteiger partial charge is 0.396 e. The van der Waals surface area contributed by atoms with Crippen molar-refractivity contribution in [3.05, 3.63) is 35.4 Å². The summed E-state index contributed by atoms with van der Waals surface area (Å²) in [5.41, 5.74) is 1.73. The van der Waals surface area contributed by atoms with Crippen LogP contribution in [0.25, 0.3) is 0 Å². The molecule has 1 amide bonds. The van der Waals surface area contributed by atoms with Crippen LogP contribution in [-0.4, -0.2) is 24.2 Å². The first-order valence-corrected chi connectivity index (χ1v) is 8.35. The highest BCUT2D eigenvalue weighted by atomic mass is 79.9. The molecule has 1 aromatic rings. The Balaban J connectivity index is 1.93. The van der Waals surface area contributed by atoms with Crippen LogP contribution >= 0.6 is 15.9 Å². The van der Waals surface area contributed by atoms with Crippen LogP contribution < -0.4 is 5.32 Å². The van der Waals surface area contributed by atoms with E-state index < -0.39 is 0 Å². The fourth-order valence-electron chi connectivity index (χ4n) is 2.81. The minimum Gasteiger partial charge on any atom is -0.396 e. The number of nitrogens with one attached hydrogen (secondary N) is 1. The van der Waals surface area contributed by atoms with Crippen molar-refractivity contribution >= 4 is 21.8 Å². The van der Waals surface area contributed by atoms with Gasteiger partial charge in [0, 0.05) is 22.9 Å². The molecular weight excluding hydrogens is 318 g/mol. The molecule has 2 rings (SSSR count). The van der Waals surface area contributed by atoms with Crippen LogP contribution in [0, 0.1) is 5.41 Å². The van der Waals surface area contributed by atoms with Gasteiger partial charge in [0.25, 0.3) is 5.91 Å². The number of benzene rings is 1. The fourth-order valence-corrected chi connectivity index (χ4v) is 3.18. The van der Waals surface area contributed by atoms with Crippen molar-refractivity contribution < 1.29 is 9.90 Å². The first-order chi connectivity index (χ1) is 9.69. The second-order valence-corrected chi connectivity index (χ2v) is 6.29. The summed E-state index contributed by atoms with van der Waals surface area (Å²) in [5.74, 6) is -0.0514. The molecule has 0 unspecified atom stereocenters. The Labute approximate surface area is 128 Å². The average Bonchev–Trinajstić information content (AvgIpc) is 2.53. The van der Waals surface area contributed by atoms with Crippen molar-refractivity contribution in [3.8, 4) is 0 Å². The quantitative estimate of drug-likeness (QED) is 0.809. The van der Waals surface area contributed by atoms with Gasteiger partial charge >= 0.3 is 0 Å². The smallest absolute Gasteiger partial charge is 0.251 e. The standard InChI is InChI=1S/C16H22BrNO2/c17-10-13-4-6-14(7-5-13)15(20)18-11-16(12-19)8-2-1-3-9-16/h4-7,19H,1-3,8-12H2,(H,18,20). The van der Waals surface area contributed by atoms with E-state index in [0.717, 1.165) is 36.6 Å². The van der Waals surface area contributed by atoms with E-state index in [2.05, 4.69) is 21.2 Å². The third-order valence-electron chi connectivity index (χ3n) is 4.24. The number of aliphatic hydroxyl groups is 1. The zero-order chi connectivity index (χ0) is 14.4. The lowest BCUT2D eigenvalue weighted by molar-refractivity contribution is 0.0718. The number of alkyl halides is 1. The molecule has 0 bridgehead atoms. The van der Waals surface area contributed by atoms with E-state index in [4.69, 9.17) is 0 Å². The van der Waals surface area contributed by atoms with Crippen molar-refractivity contribution in [2.75, 3.05) is 13.2 Å². The van der Waals surface area contributed by atoms with Crippen LogP contribution in [0.4, 0.5) is 0 Å². The van der Waals surface area contributed by atoms with E-state index in [1.54, 1.807) is 0 Å². The summed E-state index contributed by atoms with van der Waals surface area (Å²) < 4.78 is 0. The van der Waals surface area contributed by atoms with E-state index in [1.807, 2.05) is 24.3 Å². The van der Waals surface area contributed by atoms with E-state index in [1.165, 1.54) is 6.42 Å². The Morgan fingerprint density at radius 3 is 2.40 bits per heavy atom. The number of hydrogen-bond donors (Lipinski definition) is 2. The number of amides is 1. The van der Waals surface area contributed by atoms with E-state index in [9.17, 15) is 9.90 Å². The van der Waals surface area contributed by atoms with Crippen LogP contribution in [0.5, 0.6) is 0 Å². The van der Waals surface area contributed by atoms with Gasteiger partial charge in [0.1, 0.15) is 0 Å². The zero-order valence-electron chi connectivity index (χ0n) is 11.7. The van der Waals surface area contributed by atoms with Gasteiger partial charge < -0.3 is 10.4 Å². The maximum atomic E-state index is 12.1. The molecule has 1 fully saturated rings. The maximum absolute atomic E-state index is 12.1. The molecule has 3 nitrogen and oxygen atoms in total. The summed E-state index contributed by atoms with van der Waals surface area (Å²) >= 11 is 3.39. The summed E-state index contributed by atoms with van der Waals surface area (Å²) in [6.07, 6.45) is 5.55. The van der Waals surface area contributed by atoms with Gasteiger partial charge in [0.2, 0.25) is 0 Å². The molecule has 0 heterocycles. The fraction of sp³-hybridized carbons (Fsp3) is 0.562. The van der Waals surface area contributed by atoms with E-state index >= 15 is 0 Å². The van der Waals surface area contributed by atoms with E-state index in [0.29, 0.717) is 12.1 Å². The van der Waals surface area contributed by atoms with Gasteiger partial charge in [0.05, 0.1) is 6.61 Å². The highest BCUT2D eigenvalue weighted by Gasteiger charge is 2.31. The molecule has 2 N–H and O–H groups in total. The third-order valence-corrected chi connectivity index (χ3v) is 4.89. The summed E-state index contributed by atoms with van der Waals surface area (Å²) in [6.45, 7) is 0.734. The molecule has 1 saturated carbocycles. The summed E-state index contributed by atoms with van der Waals surface area (Å²) in [4.78, 5) is 12.1. The van der Waals surface area contributed by atoms with Gasteiger partial charge in [-0.05, 0) is 30.5 Å². The van der Waals surface area contributed by atoms with Crippen LogP contribution in [0.15, 0.2) is 24.3 Å². The van der Waals surface area contributed by atoms with Crippen molar-refractivity contribution in [2.24, 2.45) is 5.41 Å². The minimum atomic E-state index is -0.107. The first kappa shape index (κ1) is 15.5. The van der Waals surface area contributed by atoms with Gasteiger partial charge in [0.15, 0.2) is 0 Å². The Kier molecular flexibility index (Phi) is 5.61. The lowest BCUT2D eigenvalue weighted by atomic mass is 9.74. The molecule has 1 aliphatic carbocycles. The summed E-state index contributed by atoms with van der Waals surface area (Å²) in [5, 5.41) is 13.4. The molecule has 0 aromatic heterocycles. The number of halogens is 1. The molecule has 1 aromatic carbocycles. The highest BCUT2D eigenvalue weighted by Crippen LogP contribution is 2.35. The normalized spacial score (nSPS) is 17.7. The van der Waals surface area contributed by atoms with Crippen molar-refractivity contribution in [3.63, 3.8) is 0 Å². The number of aliphatic hydroxyl groups excluding tert-OH is 1. The van der Waals surface area contributed by atoms with Gasteiger partial charge in [-0.3, -0.25) is 4.79 Å². The van der Waals surface area contributed by atoms with Crippen LogP contribution in [0.1, 0.15) is 48.0 Å². The second kappa shape index (κ2) is 7.23. The number of carbonyl (C=O) groups excluding carboxylic acids is 1. The Morgan fingerprint density at radius 2 is 1.85 bits per heavy atom. The Hall–Kier alpha value is -0.870. The average molecular weight is 340 g/mol. The predicted octanol–water partition coefficient (Wildman–Crippen LogP) is 3.25. The monoisotopic (exact) mass is 339 g/mol. The van der Waals surface area contributed by atoms with Gasteiger partial charge in [-0.2, -0.15) is 0 Å². The van der Waals surface area contributed by atoms with Crippen LogP contribution in [-0.2, 0) is 5.33 Å². The molecule has 20 heavy (non-hydrogen) atoms. The number of carbonyl (C=O) groups is 1. The SMILES string of the molecule is O=C(NCC1(CO)CCCCC1)c1ccc(CBr)cc1. The zero-order valence-corrected chi connectivity index (χ0v) is 13.3. The summed E-state index contributed by atoms with van der Waals surface area (Å²) in [7, 11) is 0. The number of rotatable bonds is 5. The van der Waals surface area contributed by atoms with Crippen molar-refractivity contribution in [1.29, 1.82) is 0 Å². The molecule has 0 radical (unpaired) electrons. The third kappa shape index (κ3) is 3.83. The molecule has 0 aliphatic heterocycles. The van der Waals surface area contributed by atoms with Gasteiger partial charge in [-0.25, -0.2) is 0 Å². The number of hydrogen-bond acceptors (Lipinski definition) is 2. The lowest BCUT2D eigenvalue weighted by Crippen LogP contribution is -2.41. The molecule has 0 saturated heterocycles. The maximum Gasteiger partial charge on any atom is 0.251 e. The molecule has 110 valence electrons. The van der Waals surface area contributed by atoms with Crippen LogP contribution in [0.3, 0.4) is 0 Å². The van der Waals surface area contributed by atoms with Gasteiger partial charge in [-0.1, -0.05) is 47.3 Å². The first-order valence-electron chi connectivity index (χ1n) is 7.23. The van der Waals surface area contributed by atoms with Crippen LogP contribution in [0.2, 0.25) is 0 Å². The topological polar surface area (TPSA) is 49.3 Å². The lowest BCUT2D eigenvalue weighted by Gasteiger charge is -2.35. The minimum absolute atomic E-state index is 0.0514. The molecule has 4 heteroatoms. The molecule has 1 aliphatic rings. The highest BCUT2D eigenvalue weighted by molar-refractivity contribution is 9.08. The predicted molar refractivity (Wildman–Crippen MR) is 84.0 cm³/mol. The van der Waals surface area contributed by atoms with Crippen molar-refractivity contribution in [1.82, 2.24) is 5.32 Å². The Bertz CT molecular complexity index is 438. The Morgan fingerprint density at radius 1 is 1.20 bits per heavy atom. The van der Waals surface area contributed by atoms with Crippen molar-refractivity contribution in [2.45, 2.75) is 37.4 Å².